The minimum Gasteiger partial charge on any atom is -0.338 e. The molecule has 0 bridgehead atoms. The first-order valence-corrected chi connectivity index (χ1v) is 6.53. The molecule has 0 saturated heterocycles. The van der Waals surface area contributed by atoms with E-state index in [1.807, 2.05) is 13.0 Å². The Hall–Kier alpha value is -1.68. The highest BCUT2D eigenvalue weighted by molar-refractivity contribution is 5.14. The van der Waals surface area contributed by atoms with Gasteiger partial charge in [0, 0.05) is 12.1 Å². The van der Waals surface area contributed by atoms with E-state index in [1.165, 1.54) is 5.56 Å². The van der Waals surface area contributed by atoms with Gasteiger partial charge in [-0.05, 0) is 33.3 Å². The first kappa shape index (κ1) is 13.7. The second-order valence-corrected chi connectivity index (χ2v) is 5.75. The molecule has 0 N–H and O–H groups in total. The number of hydrogen-bond donors (Lipinski definition) is 0. The molecule has 0 aliphatic heterocycles. The van der Waals surface area contributed by atoms with Gasteiger partial charge in [-0.1, -0.05) is 35.5 Å². The maximum atomic E-state index is 5.22. The number of aromatic nitrogens is 2. The van der Waals surface area contributed by atoms with Crippen LogP contribution < -0.4 is 0 Å². The van der Waals surface area contributed by atoms with Gasteiger partial charge in [0.2, 0.25) is 5.89 Å². The fourth-order valence-electron chi connectivity index (χ4n) is 1.90. The molecule has 0 aliphatic carbocycles. The third kappa shape index (κ3) is 3.89. The Bertz CT molecular complexity index is 514. The molecular formula is C15H21N3O. The van der Waals surface area contributed by atoms with Gasteiger partial charge < -0.3 is 4.52 Å². The lowest BCUT2D eigenvalue weighted by Crippen LogP contribution is -2.40. The third-order valence-corrected chi connectivity index (χ3v) is 3.06. The lowest BCUT2D eigenvalue weighted by molar-refractivity contribution is 0.103. The summed E-state index contributed by atoms with van der Waals surface area (Å²) >= 11 is 0. The van der Waals surface area contributed by atoms with Gasteiger partial charge in [-0.3, -0.25) is 4.90 Å². The Labute approximate surface area is 114 Å². The maximum Gasteiger partial charge on any atom is 0.240 e. The molecule has 0 amide bonds. The summed E-state index contributed by atoms with van der Waals surface area (Å²) in [7, 11) is 0. The summed E-state index contributed by atoms with van der Waals surface area (Å²) in [4.78, 5) is 6.61. The smallest absolute Gasteiger partial charge is 0.240 e. The fraction of sp³-hybridized carbons (Fsp3) is 0.467. The average Bonchev–Trinajstić information content (AvgIpc) is 2.74. The van der Waals surface area contributed by atoms with Crippen LogP contribution in [0.2, 0.25) is 0 Å². The molecule has 1 aromatic carbocycles. The van der Waals surface area contributed by atoms with Crippen LogP contribution in [0.1, 0.15) is 38.0 Å². The first-order chi connectivity index (χ1) is 8.95. The summed E-state index contributed by atoms with van der Waals surface area (Å²) in [5.74, 6) is 1.35. The molecule has 2 aromatic rings. The van der Waals surface area contributed by atoms with E-state index >= 15 is 0 Å². The minimum atomic E-state index is 0.0399. The quantitative estimate of drug-likeness (QED) is 0.845. The summed E-state index contributed by atoms with van der Waals surface area (Å²) < 4.78 is 5.22. The number of rotatable bonds is 4. The van der Waals surface area contributed by atoms with Gasteiger partial charge in [0.05, 0.1) is 6.54 Å². The largest absolute Gasteiger partial charge is 0.338 e. The van der Waals surface area contributed by atoms with Gasteiger partial charge in [-0.25, -0.2) is 0 Å². The molecule has 0 saturated carbocycles. The van der Waals surface area contributed by atoms with E-state index in [4.69, 9.17) is 4.52 Å². The second kappa shape index (κ2) is 5.53. The average molecular weight is 259 g/mol. The molecule has 4 heteroatoms. The Morgan fingerprint density at radius 3 is 2.32 bits per heavy atom. The predicted octanol–water partition coefficient (Wildman–Crippen LogP) is 3.18. The predicted molar refractivity (Wildman–Crippen MR) is 74.5 cm³/mol. The summed E-state index contributed by atoms with van der Waals surface area (Å²) in [5.41, 5.74) is 1.33. The Morgan fingerprint density at radius 2 is 1.79 bits per heavy atom. The van der Waals surface area contributed by atoms with Crippen LogP contribution in [0.5, 0.6) is 0 Å². The molecule has 0 spiro atoms. The van der Waals surface area contributed by atoms with Crippen molar-refractivity contribution in [3.05, 3.63) is 47.6 Å². The van der Waals surface area contributed by atoms with Crippen molar-refractivity contribution in [1.82, 2.24) is 15.0 Å². The zero-order chi connectivity index (χ0) is 13.9. The summed E-state index contributed by atoms with van der Waals surface area (Å²) in [5, 5.41) is 3.85. The number of aryl methyl sites for hydroxylation is 1. The summed E-state index contributed by atoms with van der Waals surface area (Å²) in [6.45, 7) is 9.95. The van der Waals surface area contributed by atoms with Crippen molar-refractivity contribution in [2.45, 2.75) is 46.3 Å². The van der Waals surface area contributed by atoms with E-state index < -0.39 is 0 Å². The molecule has 102 valence electrons. The van der Waals surface area contributed by atoms with Crippen molar-refractivity contribution in [2.24, 2.45) is 0 Å². The first-order valence-electron chi connectivity index (χ1n) is 6.53. The molecule has 0 fully saturated rings. The van der Waals surface area contributed by atoms with Crippen molar-refractivity contribution in [1.29, 1.82) is 0 Å². The molecule has 0 aliphatic rings. The maximum absolute atomic E-state index is 5.22. The van der Waals surface area contributed by atoms with Crippen LogP contribution in [-0.4, -0.2) is 20.6 Å². The molecule has 2 rings (SSSR count). The molecule has 0 unspecified atom stereocenters. The summed E-state index contributed by atoms with van der Waals surface area (Å²) in [6, 6.07) is 10.4. The van der Waals surface area contributed by atoms with Crippen LogP contribution in [0.3, 0.4) is 0 Å². The monoisotopic (exact) mass is 259 g/mol. The number of benzene rings is 1. The van der Waals surface area contributed by atoms with E-state index in [0.29, 0.717) is 18.3 Å². The molecular weight excluding hydrogens is 238 g/mol. The standard InChI is InChI=1S/C15H21N3O/c1-12-16-14(19-17-12)11-18(15(2,3)4)10-13-8-6-5-7-9-13/h5-9H,10-11H2,1-4H3. The van der Waals surface area contributed by atoms with Gasteiger partial charge in [0.1, 0.15) is 0 Å². The lowest BCUT2D eigenvalue weighted by Gasteiger charge is -2.34. The van der Waals surface area contributed by atoms with Crippen molar-refractivity contribution in [3.8, 4) is 0 Å². The van der Waals surface area contributed by atoms with E-state index in [2.05, 4.69) is 60.1 Å². The number of nitrogens with zero attached hydrogens (tertiary/aromatic N) is 3. The van der Waals surface area contributed by atoms with Crippen molar-refractivity contribution < 1.29 is 4.52 Å². The van der Waals surface area contributed by atoms with E-state index in [0.717, 1.165) is 6.54 Å². The van der Waals surface area contributed by atoms with Crippen molar-refractivity contribution in [2.75, 3.05) is 0 Å². The van der Waals surface area contributed by atoms with Crippen LogP contribution >= 0.6 is 0 Å². The highest BCUT2D eigenvalue weighted by Crippen LogP contribution is 2.19. The molecule has 0 radical (unpaired) electrons. The molecule has 4 nitrogen and oxygen atoms in total. The van der Waals surface area contributed by atoms with Crippen LogP contribution in [-0.2, 0) is 13.1 Å². The molecule has 0 atom stereocenters. The van der Waals surface area contributed by atoms with Gasteiger partial charge in [0.15, 0.2) is 5.82 Å². The SMILES string of the molecule is Cc1noc(CN(Cc2ccccc2)C(C)(C)C)n1. The molecule has 1 aromatic heterocycles. The fourth-order valence-corrected chi connectivity index (χ4v) is 1.90. The molecule has 19 heavy (non-hydrogen) atoms. The van der Waals surface area contributed by atoms with Gasteiger partial charge in [0.25, 0.3) is 0 Å². The van der Waals surface area contributed by atoms with Crippen LogP contribution in [0.4, 0.5) is 0 Å². The van der Waals surface area contributed by atoms with Crippen LogP contribution in [0, 0.1) is 6.92 Å². The van der Waals surface area contributed by atoms with E-state index in [1.54, 1.807) is 0 Å². The van der Waals surface area contributed by atoms with Gasteiger partial charge in [-0.15, -0.1) is 0 Å². The third-order valence-electron chi connectivity index (χ3n) is 3.06. The van der Waals surface area contributed by atoms with E-state index in [-0.39, 0.29) is 5.54 Å². The molecule has 1 heterocycles. The van der Waals surface area contributed by atoms with Gasteiger partial charge in [-0.2, -0.15) is 4.98 Å². The Kier molecular flexibility index (Phi) is 4.00. The minimum absolute atomic E-state index is 0.0399. The second-order valence-electron chi connectivity index (χ2n) is 5.75. The number of hydrogen-bond acceptors (Lipinski definition) is 4. The van der Waals surface area contributed by atoms with Crippen LogP contribution in [0.25, 0.3) is 0 Å². The lowest BCUT2D eigenvalue weighted by atomic mass is 10.0. The highest BCUT2D eigenvalue weighted by Gasteiger charge is 2.23. The van der Waals surface area contributed by atoms with Crippen molar-refractivity contribution >= 4 is 0 Å². The van der Waals surface area contributed by atoms with Crippen LogP contribution in [0.15, 0.2) is 34.9 Å². The highest BCUT2D eigenvalue weighted by atomic mass is 16.5. The summed E-state index contributed by atoms with van der Waals surface area (Å²) in [6.07, 6.45) is 0. The Morgan fingerprint density at radius 1 is 1.11 bits per heavy atom. The Balaban J connectivity index is 2.13. The topological polar surface area (TPSA) is 42.2 Å². The van der Waals surface area contributed by atoms with Crippen molar-refractivity contribution in [3.63, 3.8) is 0 Å². The zero-order valence-electron chi connectivity index (χ0n) is 12.1. The normalized spacial score (nSPS) is 12.1. The van der Waals surface area contributed by atoms with E-state index in [9.17, 15) is 0 Å². The zero-order valence-corrected chi connectivity index (χ0v) is 12.1. The van der Waals surface area contributed by atoms with Gasteiger partial charge >= 0.3 is 0 Å².